The second-order valence-corrected chi connectivity index (χ2v) is 8.61. The van der Waals surface area contributed by atoms with Gasteiger partial charge in [0.1, 0.15) is 4.47 Å². The van der Waals surface area contributed by atoms with Gasteiger partial charge in [0.15, 0.2) is 0 Å². The van der Waals surface area contributed by atoms with E-state index in [4.69, 9.17) is 0 Å². The first kappa shape index (κ1) is 21.9. The lowest BCUT2D eigenvalue weighted by Crippen LogP contribution is -2.22. The summed E-state index contributed by atoms with van der Waals surface area (Å²) in [4.78, 5) is 23.0. The van der Waals surface area contributed by atoms with Crippen LogP contribution in [-0.4, -0.2) is 26.3 Å². The van der Waals surface area contributed by atoms with Crippen molar-refractivity contribution in [1.82, 2.24) is 15.2 Å². The molecule has 1 aliphatic rings. The largest absolute Gasteiger partial charge is 0.404 e. The van der Waals surface area contributed by atoms with Crippen LogP contribution < -0.4 is 5.43 Å². The molecule has 4 rings (SSSR count). The van der Waals surface area contributed by atoms with Crippen LogP contribution >= 0.6 is 15.9 Å². The molecule has 1 aliphatic carbocycles. The number of amides is 1. The maximum atomic E-state index is 12.6. The predicted molar refractivity (Wildman–Crippen MR) is 125 cm³/mol. The summed E-state index contributed by atoms with van der Waals surface area (Å²) in [6.07, 6.45) is 5.34. The summed E-state index contributed by atoms with van der Waals surface area (Å²) < 4.78 is 1.78. The van der Waals surface area contributed by atoms with Crippen molar-refractivity contribution in [1.29, 1.82) is 0 Å². The smallest absolute Gasteiger partial charge is 0.358 e. The Morgan fingerprint density at radius 1 is 1.19 bits per heavy atom. The van der Waals surface area contributed by atoms with Crippen molar-refractivity contribution in [2.45, 2.75) is 38.1 Å². The molecule has 0 unspecified atom stereocenters. The predicted octanol–water partition coefficient (Wildman–Crippen LogP) is 5.05. The molecule has 0 atom stereocenters. The highest BCUT2D eigenvalue weighted by atomic mass is 79.9. The standard InChI is InChI=1S/C23H22BrN5O3/c24-21-15-28(27-22(21)29(31)32)14-16-5-4-8-19(13-16)23(30)26-25-20-11-9-18(10-12-20)17-6-2-1-3-7-17/h1-8,13,15,18H,9-12,14H2,(H,26,30). The molecule has 3 aromatic rings. The van der Waals surface area contributed by atoms with Crippen LogP contribution in [0.2, 0.25) is 0 Å². The number of hydrogen-bond acceptors (Lipinski definition) is 5. The Morgan fingerprint density at radius 3 is 2.62 bits per heavy atom. The lowest BCUT2D eigenvalue weighted by Gasteiger charge is -2.23. The fraction of sp³-hybridized carbons (Fsp3) is 0.261. The molecular formula is C23H22BrN5O3. The van der Waals surface area contributed by atoms with E-state index in [0.717, 1.165) is 37.0 Å². The minimum Gasteiger partial charge on any atom is -0.358 e. The molecule has 0 spiro atoms. The van der Waals surface area contributed by atoms with Crippen LogP contribution in [0.15, 0.2) is 70.4 Å². The zero-order valence-electron chi connectivity index (χ0n) is 17.3. The number of hydrogen-bond donors (Lipinski definition) is 1. The van der Waals surface area contributed by atoms with Gasteiger partial charge in [-0.05, 0) is 75.7 Å². The lowest BCUT2D eigenvalue weighted by molar-refractivity contribution is -0.390. The van der Waals surface area contributed by atoms with Crippen LogP contribution in [0.1, 0.15) is 53.1 Å². The molecular weight excluding hydrogens is 474 g/mol. The number of benzene rings is 2. The zero-order valence-corrected chi connectivity index (χ0v) is 18.9. The maximum Gasteiger partial charge on any atom is 0.404 e. The van der Waals surface area contributed by atoms with Gasteiger partial charge in [0, 0.05) is 11.3 Å². The lowest BCUT2D eigenvalue weighted by atomic mass is 9.83. The average molecular weight is 496 g/mol. The summed E-state index contributed by atoms with van der Waals surface area (Å²) >= 11 is 3.14. The Bertz CT molecular complexity index is 1150. The van der Waals surface area contributed by atoms with E-state index < -0.39 is 4.92 Å². The number of halogens is 1. The van der Waals surface area contributed by atoms with Gasteiger partial charge < -0.3 is 10.1 Å². The van der Waals surface area contributed by atoms with Gasteiger partial charge in [-0.1, -0.05) is 42.5 Å². The topological polar surface area (TPSA) is 102 Å². The van der Waals surface area contributed by atoms with E-state index in [0.29, 0.717) is 22.5 Å². The first-order valence-corrected chi connectivity index (χ1v) is 11.2. The summed E-state index contributed by atoms with van der Waals surface area (Å²) in [5.74, 6) is 0.0227. The highest BCUT2D eigenvalue weighted by Crippen LogP contribution is 2.31. The van der Waals surface area contributed by atoms with E-state index in [2.05, 4.69) is 55.8 Å². The van der Waals surface area contributed by atoms with Crippen molar-refractivity contribution >= 4 is 33.4 Å². The van der Waals surface area contributed by atoms with Gasteiger partial charge in [-0.2, -0.15) is 9.78 Å². The minimum absolute atomic E-state index is 0.239. The summed E-state index contributed by atoms with van der Waals surface area (Å²) in [6, 6.07) is 17.6. The molecule has 1 heterocycles. The van der Waals surface area contributed by atoms with Crippen molar-refractivity contribution in [3.05, 3.63) is 92.1 Å². The second-order valence-electron chi connectivity index (χ2n) is 7.76. The van der Waals surface area contributed by atoms with E-state index in [-0.39, 0.29) is 11.7 Å². The summed E-state index contributed by atoms with van der Waals surface area (Å²) in [7, 11) is 0. The van der Waals surface area contributed by atoms with E-state index >= 15 is 0 Å². The third kappa shape index (κ3) is 5.28. The molecule has 1 N–H and O–H groups in total. The monoisotopic (exact) mass is 495 g/mol. The Balaban J connectivity index is 1.35. The SMILES string of the molecule is O=C(NN=C1CCC(c2ccccc2)CC1)c1cccc(Cn2cc(Br)c([N+](=O)[O-])n2)c1. The number of rotatable bonds is 6. The number of carbonyl (C=O) groups is 1. The molecule has 0 bridgehead atoms. The Labute approximate surface area is 193 Å². The molecule has 0 aliphatic heterocycles. The van der Waals surface area contributed by atoms with Crippen molar-refractivity contribution in [2.75, 3.05) is 0 Å². The zero-order chi connectivity index (χ0) is 22.5. The molecule has 1 saturated carbocycles. The van der Waals surface area contributed by atoms with Crippen LogP contribution in [0.3, 0.4) is 0 Å². The number of aromatic nitrogens is 2. The second kappa shape index (κ2) is 9.86. The molecule has 164 valence electrons. The summed E-state index contributed by atoms with van der Waals surface area (Å²) in [5, 5.41) is 19.3. The summed E-state index contributed by atoms with van der Waals surface area (Å²) in [5.41, 5.74) is 6.33. The number of nitrogens with zero attached hydrogens (tertiary/aromatic N) is 4. The Kier molecular flexibility index (Phi) is 6.75. The van der Waals surface area contributed by atoms with Crippen molar-refractivity contribution in [3.63, 3.8) is 0 Å². The number of hydrazone groups is 1. The highest BCUT2D eigenvalue weighted by molar-refractivity contribution is 9.10. The average Bonchev–Trinajstić information content (AvgIpc) is 3.18. The van der Waals surface area contributed by atoms with Crippen LogP contribution in [0, 0.1) is 10.1 Å². The molecule has 1 amide bonds. The third-order valence-corrected chi connectivity index (χ3v) is 6.11. The first-order chi connectivity index (χ1) is 15.5. The van der Waals surface area contributed by atoms with E-state index in [1.165, 1.54) is 10.2 Å². The van der Waals surface area contributed by atoms with Crippen LogP contribution in [0.25, 0.3) is 0 Å². The van der Waals surface area contributed by atoms with Gasteiger partial charge >= 0.3 is 5.82 Å². The number of nitro groups is 1. The van der Waals surface area contributed by atoms with Crippen molar-refractivity contribution in [2.24, 2.45) is 5.10 Å². The number of nitrogens with one attached hydrogen (secondary N) is 1. The quantitative estimate of drug-likeness (QED) is 0.381. The molecule has 0 radical (unpaired) electrons. The first-order valence-electron chi connectivity index (χ1n) is 10.4. The Morgan fingerprint density at radius 2 is 1.94 bits per heavy atom. The van der Waals surface area contributed by atoms with Gasteiger partial charge in [-0.15, -0.1) is 0 Å². The normalized spacial score (nSPS) is 15.9. The van der Waals surface area contributed by atoms with Crippen LogP contribution in [0.4, 0.5) is 5.82 Å². The Hall–Kier alpha value is -3.33. The van der Waals surface area contributed by atoms with E-state index in [1.807, 2.05) is 12.1 Å². The highest BCUT2D eigenvalue weighted by Gasteiger charge is 2.20. The van der Waals surface area contributed by atoms with Gasteiger partial charge in [0.25, 0.3) is 5.91 Å². The number of carbonyl (C=O) groups excluding carboxylic acids is 1. The maximum absolute atomic E-state index is 12.6. The molecule has 8 nitrogen and oxygen atoms in total. The molecule has 1 aromatic heterocycles. The van der Waals surface area contributed by atoms with Gasteiger partial charge in [0.2, 0.25) is 0 Å². The van der Waals surface area contributed by atoms with Gasteiger partial charge in [-0.25, -0.2) is 5.43 Å². The van der Waals surface area contributed by atoms with Crippen molar-refractivity contribution < 1.29 is 9.72 Å². The minimum atomic E-state index is -0.545. The molecule has 0 saturated heterocycles. The van der Waals surface area contributed by atoms with E-state index in [9.17, 15) is 14.9 Å². The van der Waals surface area contributed by atoms with E-state index in [1.54, 1.807) is 24.4 Å². The van der Waals surface area contributed by atoms with Gasteiger partial charge in [0.05, 0.1) is 17.8 Å². The van der Waals surface area contributed by atoms with Gasteiger partial charge in [-0.3, -0.25) is 4.79 Å². The molecule has 2 aromatic carbocycles. The molecule has 9 heteroatoms. The fourth-order valence-electron chi connectivity index (χ4n) is 3.91. The molecule has 1 fully saturated rings. The van der Waals surface area contributed by atoms with Crippen LogP contribution in [-0.2, 0) is 6.54 Å². The third-order valence-electron chi connectivity index (χ3n) is 5.56. The fourth-order valence-corrected chi connectivity index (χ4v) is 4.37. The van der Waals surface area contributed by atoms with Crippen LogP contribution in [0.5, 0.6) is 0 Å². The summed E-state index contributed by atoms with van der Waals surface area (Å²) in [6.45, 7) is 0.308. The molecule has 32 heavy (non-hydrogen) atoms. The van der Waals surface area contributed by atoms with Crippen molar-refractivity contribution in [3.8, 4) is 0 Å².